The van der Waals surface area contributed by atoms with Crippen LogP contribution in [0, 0.1) is 0 Å². The summed E-state index contributed by atoms with van der Waals surface area (Å²) in [5.41, 5.74) is 0. The molecule has 1 amide bonds. The highest BCUT2D eigenvalue weighted by Crippen LogP contribution is 2.38. The van der Waals surface area contributed by atoms with Gasteiger partial charge in [-0.1, -0.05) is 19.3 Å². The van der Waals surface area contributed by atoms with Crippen LogP contribution >= 0.6 is 12.4 Å². The summed E-state index contributed by atoms with van der Waals surface area (Å²) in [4.78, 5) is 14.5. The number of hydrogen-bond acceptors (Lipinski definition) is 5. The van der Waals surface area contributed by atoms with Gasteiger partial charge in [-0.05, 0) is 19.8 Å². The molecule has 134 valence electrons. The molecule has 0 radical (unpaired) electrons. The van der Waals surface area contributed by atoms with E-state index in [-0.39, 0.29) is 36.2 Å². The third-order valence-electron chi connectivity index (χ3n) is 5.43. The fraction of sp³-hybridized carbons (Fsp3) is 0.933. The van der Waals surface area contributed by atoms with Gasteiger partial charge in [0.15, 0.2) is 9.84 Å². The predicted molar refractivity (Wildman–Crippen MR) is 90.6 cm³/mol. The van der Waals surface area contributed by atoms with Crippen molar-refractivity contribution in [3.05, 3.63) is 0 Å². The van der Waals surface area contributed by atoms with Crippen molar-refractivity contribution in [2.24, 2.45) is 0 Å². The van der Waals surface area contributed by atoms with Gasteiger partial charge in [0, 0.05) is 19.6 Å². The zero-order valence-corrected chi connectivity index (χ0v) is 15.3. The number of hydrogen-bond donors (Lipinski definition) is 1. The Morgan fingerprint density at radius 2 is 1.96 bits per heavy atom. The molecule has 2 atom stereocenters. The first-order valence-electron chi connectivity index (χ1n) is 8.31. The van der Waals surface area contributed by atoms with Gasteiger partial charge in [-0.3, -0.25) is 4.79 Å². The van der Waals surface area contributed by atoms with Gasteiger partial charge in [-0.2, -0.15) is 0 Å². The molecule has 0 unspecified atom stereocenters. The van der Waals surface area contributed by atoms with Crippen LogP contribution in [0.25, 0.3) is 0 Å². The van der Waals surface area contributed by atoms with Gasteiger partial charge in [0.05, 0.1) is 23.2 Å². The number of ether oxygens (including phenoxy) is 1. The lowest BCUT2D eigenvalue weighted by molar-refractivity contribution is -0.140. The molecule has 0 bridgehead atoms. The molecule has 0 aromatic heterocycles. The number of halogens is 1. The molecule has 3 rings (SSSR count). The van der Waals surface area contributed by atoms with Crippen LogP contribution in [0.5, 0.6) is 0 Å². The molecule has 3 fully saturated rings. The lowest BCUT2D eigenvalue weighted by Gasteiger charge is -2.45. The van der Waals surface area contributed by atoms with Crippen LogP contribution < -0.4 is 5.32 Å². The van der Waals surface area contributed by atoms with E-state index >= 15 is 0 Å². The molecule has 1 N–H and O–H groups in total. The molecule has 1 spiro atoms. The van der Waals surface area contributed by atoms with E-state index in [0.29, 0.717) is 39.1 Å². The normalized spacial score (nSPS) is 33.0. The Hall–Kier alpha value is -0.370. The van der Waals surface area contributed by atoms with Crippen molar-refractivity contribution in [1.82, 2.24) is 10.2 Å². The molecule has 6 nitrogen and oxygen atoms in total. The van der Waals surface area contributed by atoms with Gasteiger partial charge in [0.2, 0.25) is 5.91 Å². The minimum Gasteiger partial charge on any atom is -0.375 e. The average Bonchev–Trinajstić information content (AvgIpc) is 2.51. The standard InChI is InChI=1S/C15H26N2O4S.ClH/c1-12-13(16-7-9-21-12)14(18)17-8-10-22(19,20)15(11-17)5-3-2-4-6-15;/h12-13,16H,2-11H2,1H3;1H/t12-,13+;/m1./s1. The lowest BCUT2D eigenvalue weighted by atomic mass is 9.87. The Balaban J connectivity index is 0.00000192. The van der Waals surface area contributed by atoms with E-state index in [9.17, 15) is 13.2 Å². The van der Waals surface area contributed by atoms with E-state index in [2.05, 4.69) is 5.32 Å². The van der Waals surface area contributed by atoms with Gasteiger partial charge in [-0.15, -0.1) is 12.4 Å². The summed E-state index contributed by atoms with van der Waals surface area (Å²) >= 11 is 0. The average molecular weight is 367 g/mol. The number of sulfone groups is 1. The monoisotopic (exact) mass is 366 g/mol. The molecule has 1 aliphatic carbocycles. The Kier molecular flexibility index (Phi) is 5.98. The van der Waals surface area contributed by atoms with Crippen molar-refractivity contribution in [3.63, 3.8) is 0 Å². The van der Waals surface area contributed by atoms with Gasteiger partial charge >= 0.3 is 0 Å². The number of morpholine rings is 1. The van der Waals surface area contributed by atoms with E-state index in [1.807, 2.05) is 6.92 Å². The molecule has 0 aromatic rings. The minimum absolute atomic E-state index is 0. The van der Waals surface area contributed by atoms with Gasteiger partial charge in [0.25, 0.3) is 0 Å². The van der Waals surface area contributed by atoms with Crippen LogP contribution in [0.15, 0.2) is 0 Å². The number of carbonyl (C=O) groups is 1. The second-order valence-corrected chi connectivity index (χ2v) is 9.33. The van der Waals surface area contributed by atoms with Crippen LogP contribution in [0.4, 0.5) is 0 Å². The third kappa shape index (κ3) is 3.52. The van der Waals surface area contributed by atoms with Crippen molar-refractivity contribution < 1.29 is 17.9 Å². The zero-order chi connectivity index (χ0) is 15.8. The second kappa shape index (κ2) is 7.25. The summed E-state index contributed by atoms with van der Waals surface area (Å²) in [6.07, 6.45) is 4.22. The van der Waals surface area contributed by atoms with Gasteiger partial charge in [0.1, 0.15) is 6.04 Å². The Bertz CT molecular complexity index is 534. The predicted octanol–water partition coefficient (Wildman–Crippen LogP) is 0.745. The maximum absolute atomic E-state index is 12.8. The Labute approximate surface area is 144 Å². The van der Waals surface area contributed by atoms with Gasteiger partial charge < -0.3 is 15.0 Å². The number of rotatable bonds is 1. The summed E-state index contributed by atoms with van der Waals surface area (Å²) < 4.78 is 30.0. The Morgan fingerprint density at radius 3 is 2.61 bits per heavy atom. The SMILES string of the molecule is C[C@H]1OCCN[C@@H]1C(=O)N1CCS(=O)(=O)C2(CCCCC2)C1.Cl. The maximum Gasteiger partial charge on any atom is 0.242 e. The van der Waals surface area contributed by atoms with E-state index in [0.717, 1.165) is 19.3 Å². The first-order chi connectivity index (χ1) is 10.5. The van der Waals surface area contributed by atoms with Crippen LogP contribution in [0.1, 0.15) is 39.0 Å². The smallest absolute Gasteiger partial charge is 0.242 e. The molecule has 23 heavy (non-hydrogen) atoms. The number of carbonyl (C=O) groups excluding carboxylic acids is 1. The molecule has 2 aliphatic heterocycles. The fourth-order valence-corrected chi connectivity index (χ4v) is 6.19. The molecule has 8 heteroatoms. The highest BCUT2D eigenvalue weighted by molar-refractivity contribution is 7.92. The van der Waals surface area contributed by atoms with Crippen molar-refractivity contribution in [3.8, 4) is 0 Å². The largest absolute Gasteiger partial charge is 0.375 e. The quantitative estimate of drug-likeness (QED) is 0.741. The summed E-state index contributed by atoms with van der Waals surface area (Å²) in [5, 5.41) is 3.21. The lowest BCUT2D eigenvalue weighted by Crippen LogP contribution is -2.63. The van der Waals surface area contributed by atoms with E-state index in [4.69, 9.17) is 4.74 Å². The third-order valence-corrected chi connectivity index (χ3v) is 8.00. The van der Waals surface area contributed by atoms with E-state index in [1.54, 1.807) is 4.90 Å². The molecule has 2 saturated heterocycles. The van der Waals surface area contributed by atoms with Crippen LogP contribution in [-0.2, 0) is 19.4 Å². The molecular formula is C15H27ClN2O4S. The molecule has 1 saturated carbocycles. The number of amides is 1. The molecule has 3 aliphatic rings. The van der Waals surface area contributed by atoms with Crippen molar-refractivity contribution in [2.45, 2.75) is 55.9 Å². The second-order valence-electron chi connectivity index (χ2n) is 6.83. The van der Waals surface area contributed by atoms with Gasteiger partial charge in [-0.25, -0.2) is 8.42 Å². The Morgan fingerprint density at radius 1 is 1.26 bits per heavy atom. The summed E-state index contributed by atoms with van der Waals surface area (Å²) in [6.45, 7) is 3.85. The van der Waals surface area contributed by atoms with Crippen molar-refractivity contribution >= 4 is 28.2 Å². The summed E-state index contributed by atoms with van der Waals surface area (Å²) in [7, 11) is -3.10. The first-order valence-corrected chi connectivity index (χ1v) is 9.97. The highest BCUT2D eigenvalue weighted by atomic mass is 35.5. The molecule has 2 heterocycles. The zero-order valence-electron chi connectivity index (χ0n) is 13.6. The molecule has 0 aromatic carbocycles. The molecular weight excluding hydrogens is 340 g/mol. The van der Waals surface area contributed by atoms with Crippen molar-refractivity contribution in [2.75, 3.05) is 32.0 Å². The number of nitrogens with one attached hydrogen (secondary N) is 1. The van der Waals surface area contributed by atoms with Crippen molar-refractivity contribution in [1.29, 1.82) is 0 Å². The van der Waals surface area contributed by atoms with Crippen LogP contribution in [0.2, 0.25) is 0 Å². The minimum atomic E-state index is -3.10. The van der Waals surface area contributed by atoms with Crippen LogP contribution in [-0.4, -0.2) is 68.1 Å². The van der Waals surface area contributed by atoms with E-state index in [1.165, 1.54) is 0 Å². The maximum atomic E-state index is 12.8. The first kappa shape index (κ1) is 19.0. The van der Waals surface area contributed by atoms with E-state index < -0.39 is 14.6 Å². The fourth-order valence-electron chi connectivity index (χ4n) is 4.03. The summed E-state index contributed by atoms with van der Waals surface area (Å²) in [5.74, 6) is 0.0906. The highest BCUT2D eigenvalue weighted by Gasteiger charge is 2.50. The summed E-state index contributed by atoms with van der Waals surface area (Å²) in [6, 6.07) is -0.352. The number of nitrogens with zero attached hydrogens (tertiary/aromatic N) is 1. The van der Waals surface area contributed by atoms with Crippen LogP contribution in [0.3, 0.4) is 0 Å². The topological polar surface area (TPSA) is 75.7 Å².